The van der Waals surface area contributed by atoms with Crippen LogP contribution in [-0.2, 0) is 9.53 Å². The van der Waals surface area contributed by atoms with Gasteiger partial charge in [-0.25, -0.2) is 4.98 Å². The minimum absolute atomic E-state index is 0.0362. The molecule has 176 valence electrons. The fourth-order valence-electron chi connectivity index (χ4n) is 4.72. The summed E-state index contributed by atoms with van der Waals surface area (Å²) in [6.07, 6.45) is 0.389. The van der Waals surface area contributed by atoms with Crippen LogP contribution in [0.4, 0.5) is 5.82 Å². The van der Waals surface area contributed by atoms with Gasteiger partial charge in [-0.2, -0.15) is 5.26 Å². The number of benzene rings is 2. The highest BCUT2D eigenvalue weighted by Gasteiger charge is 2.29. The number of pyridine rings is 1. The number of amides is 1. The molecule has 1 amide bonds. The third kappa shape index (κ3) is 4.76. The molecule has 4 rings (SSSR count). The topological polar surface area (TPSA) is 69.5 Å². The number of aromatic nitrogens is 1. The zero-order valence-electron chi connectivity index (χ0n) is 20.4. The van der Waals surface area contributed by atoms with E-state index in [0.29, 0.717) is 44.0 Å². The maximum atomic E-state index is 12.5. The van der Waals surface area contributed by atoms with Gasteiger partial charge in [0.15, 0.2) is 0 Å². The van der Waals surface area contributed by atoms with Crippen molar-refractivity contribution < 1.29 is 9.53 Å². The molecule has 0 bridgehead atoms. The second kappa shape index (κ2) is 10.2. The molecule has 0 aliphatic carbocycles. The molecule has 1 saturated heterocycles. The Labute approximate surface area is 201 Å². The molecule has 0 N–H and O–H groups in total. The van der Waals surface area contributed by atoms with E-state index in [4.69, 9.17) is 9.72 Å². The molecule has 0 saturated carbocycles. The third-order valence-corrected chi connectivity index (χ3v) is 6.53. The molecule has 34 heavy (non-hydrogen) atoms. The van der Waals surface area contributed by atoms with Crippen LogP contribution >= 0.6 is 0 Å². The van der Waals surface area contributed by atoms with Gasteiger partial charge in [-0.15, -0.1) is 0 Å². The van der Waals surface area contributed by atoms with E-state index in [1.54, 1.807) is 7.11 Å². The molecule has 1 fully saturated rings. The average molecular weight is 457 g/mol. The third-order valence-electron chi connectivity index (χ3n) is 6.53. The van der Waals surface area contributed by atoms with Crippen molar-refractivity contribution >= 4 is 22.5 Å². The van der Waals surface area contributed by atoms with Gasteiger partial charge < -0.3 is 14.5 Å². The van der Waals surface area contributed by atoms with Crippen molar-refractivity contribution in [3.05, 3.63) is 59.8 Å². The van der Waals surface area contributed by atoms with Crippen LogP contribution < -0.4 is 4.90 Å². The standard InChI is InChI=1S/C28H32N4O2/c1-19(2)27-25(23-10-9-21-7-5-6-8-22(21)15-23)16-24(17-29)28(30-27)31-12-13-32(20(3)18-31)26(33)11-14-34-4/h5-10,15-16,19-20H,11-14,18H2,1-4H3/t20-/m1/s1. The second-order valence-corrected chi connectivity index (χ2v) is 9.25. The average Bonchev–Trinajstić information content (AvgIpc) is 2.86. The molecule has 0 radical (unpaired) electrons. The van der Waals surface area contributed by atoms with Crippen molar-refractivity contribution in [3.63, 3.8) is 0 Å². The summed E-state index contributed by atoms with van der Waals surface area (Å²) < 4.78 is 5.06. The lowest BCUT2D eigenvalue weighted by molar-refractivity contribution is -0.134. The maximum Gasteiger partial charge on any atom is 0.225 e. The molecular weight excluding hydrogens is 424 g/mol. The number of hydrogen-bond acceptors (Lipinski definition) is 5. The highest BCUT2D eigenvalue weighted by atomic mass is 16.5. The Balaban J connectivity index is 1.68. The monoisotopic (exact) mass is 456 g/mol. The fourth-order valence-corrected chi connectivity index (χ4v) is 4.72. The van der Waals surface area contributed by atoms with Gasteiger partial charge in [0.25, 0.3) is 0 Å². The molecule has 6 heteroatoms. The summed E-state index contributed by atoms with van der Waals surface area (Å²) in [5.74, 6) is 1.02. The molecule has 1 aliphatic rings. The van der Waals surface area contributed by atoms with E-state index in [9.17, 15) is 10.1 Å². The molecule has 1 atom stereocenters. The van der Waals surface area contributed by atoms with Gasteiger partial charge in [-0.05, 0) is 41.3 Å². The Morgan fingerprint density at radius 2 is 1.94 bits per heavy atom. The van der Waals surface area contributed by atoms with E-state index < -0.39 is 0 Å². The number of nitriles is 1. The number of hydrogen-bond donors (Lipinski definition) is 0. The number of piperazine rings is 1. The molecule has 3 aromatic rings. The van der Waals surface area contributed by atoms with Crippen molar-refractivity contribution in [1.29, 1.82) is 5.26 Å². The van der Waals surface area contributed by atoms with Crippen molar-refractivity contribution in [1.82, 2.24) is 9.88 Å². The largest absolute Gasteiger partial charge is 0.384 e. The van der Waals surface area contributed by atoms with Crippen LogP contribution in [0.3, 0.4) is 0 Å². The molecule has 2 aromatic carbocycles. The predicted octanol–water partition coefficient (Wildman–Crippen LogP) is 4.97. The molecule has 0 unspecified atom stereocenters. The van der Waals surface area contributed by atoms with Gasteiger partial charge in [0.1, 0.15) is 11.9 Å². The van der Waals surface area contributed by atoms with E-state index in [-0.39, 0.29) is 17.9 Å². The molecule has 1 aliphatic heterocycles. The SMILES string of the molecule is COCCC(=O)N1CCN(c2nc(C(C)C)c(-c3ccc4ccccc4c3)cc2C#N)C[C@H]1C. The lowest BCUT2D eigenvalue weighted by Gasteiger charge is -2.41. The zero-order valence-corrected chi connectivity index (χ0v) is 20.4. The summed E-state index contributed by atoms with van der Waals surface area (Å²) in [4.78, 5) is 21.7. The molecule has 2 heterocycles. The summed E-state index contributed by atoms with van der Waals surface area (Å²) >= 11 is 0. The van der Waals surface area contributed by atoms with Crippen molar-refractivity contribution in [3.8, 4) is 17.2 Å². The summed E-state index contributed by atoms with van der Waals surface area (Å²) in [6.45, 7) is 8.66. The van der Waals surface area contributed by atoms with Gasteiger partial charge in [-0.1, -0.05) is 50.2 Å². The van der Waals surface area contributed by atoms with Crippen LogP contribution in [0.15, 0.2) is 48.5 Å². The van der Waals surface area contributed by atoms with E-state index in [1.807, 2.05) is 23.1 Å². The number of rotatable bonds is 6. The van der Waals surface area contributed by atoms with Crippen LogP contribution in [0.25, 0.3) is 21.9 Å². The van der Waals surface area contributed by atoms with Crippen LogP contribution in [0.5, 0.6) is 0 Å². The smallest absolute Gasteiger partial charge is 0.225 e. The van der Waals surface area contributed by atoms with E-state index in [1.165, 1.54) is 10.8 Å². The zero-order chi connectivity index (χ0) is 24.2. The first-order chi connectivity index (χ1) is 16.4. The normalized spacial score (nSPS) is 16.2. The Hall–Kier alpha value is -3.43. The highest BCUT2D eigenvalue weighted by molar-refractivity contribution is 5.88. The summed E-state index contributed by atoms with van der Waals surface area (Å²) in [7, 11) is 1.61. The Morgan fingerprint density at radius 3 is 2.62 bits per heavy atom. The Kier molecular flexibility index (Phi) is 7.14. The number of nitrogens with zero attached hydrogens (tertiary/aromatic N) is 4. The molecular formula is C28H32N4O2. The summed E-state index contributed by atoms with van der Waals surface area (Å²) in [6, 6.07) is 19.1. The molecule has 6 nitrogen and oxygen atoms in total. The maximum absolute atomic E-state index is 12.5. The Morgan fingerprint density at radius 1 is 1.18 bits per heavy atom. The van der Waals surface area contributed by atoms with Gasteiger partial charge in [0.05, 0.1) is 24.3 Å². The molecule has 0 spiro atoms. The van der Waals surface area contributed by atoms with E-state index >= 15 is 0 Å². The lowest BCUT2D eigenvalue weighted by Crippen LogP contribution is -2.54. The quantitative estimate of drug-likeness (QED) is 0.524. The first-order valence-electron chi connectivity index (χ1n) is 11.9. The first-order valence-corrected chi connectivity index (χ1v) is 11.9. The van der Waals surface area contributed by atoms with Gasteiger partial charge >= 0.3 is 0 Å². The van der Waals surface area contributed by atoms with Crippen LogP contribution in [0, 0.1) is 11.3 Å². The van der Waals surface area contributed by atoms with Crippen molar-refractivity contribution in [2.24, 2.45) is 0 Å². The minimum atomic E-state index is 0.0362. The number of ether oxygens (including phenoxy) is 1. The number of anilines is 1. The van der Waals surface area contributed by atoms with E-state index in [2.05, 4.69) is 62.1 Å². The summed E-state index contributed by atoms with van der Waals surface area (Å²) in [5, 5.41) is 12.4. The first kappa shape index (κ1) is 23.7. The van der Waals surface area contributed by atoms with Crippen molar-refractivity contribution in [2.45, 2.75) is 39.2 Å². The van der Waals surface area contributed by atoms with Gasteiger partial charge in [0, 0.05) is 38.3 Å². The summed E-state index contributed by atoms with van der Waals surface area (Å²) in [5.41, 5.74) is 3.62. The Bertz CT molecular complexity index is 1230. The number of methoxy groups -OCH3 is 1. The number of fused-ring (bicyclic) bond motifs is 1. The van der Waals surface area contributed by atoms with Crippen LogP contribution in [-0.4, -0.2) is 55.2 Å². The van der Waals surface area contributed by atoms with Gasteiger partial charge in [-0.3, -0.25) is 4.79 Å². The van der Waals surface area contributed by atoms with E-state index in [0.717, 1.165) is 16.8 Å². The highest BCUT2D eigenvalue weighted by Crippen LogP contribution is 2.34. The van der Waals surface area contributed by atoms with Crippen molar-refractivity contribution in [2.75, 3.05) is 38.3 Å². The fraction of sp³-hybridized carbons (Fsp3) is 0.393. The lowest BCUT2D eigenvalue weighted by atomic mass is 9.94. The minimum Gasteiger partial charge on any atom is -0.384 e. The van der Waals surface area contributed by atoms with Crippen LogP contribution in [0.2, 0.25) is 0 Å². The van der Waals surface area contributed by atoms with Gasteiger partial charge in [0.2, 0.25) is 5.91 Å². The second-order valence-electron chi connectivity index (χ2n) is 9.25. The predicted molar refractivity (Wildman–Crippen MR) is 136 cm³/mol. The number of carbonyl (C=O) groups is 1. The van der Waals surface area contributed by atoms with Crippen LogP contribution in [0.1, 0.15) is 44.4 Å². The molecule has 1 aromatic heterocycles. The number of carbonyl (C=O) groups excluding carboxylic acids is 1.